The minimum Gasteiger partial charge on any atom is -0.336 e. The van der Waals surface area contributed by atoms with Crippen molar-refractivity contribution in [1.82, 2.24) is 10.6 Å². The van der Waals surface area contributed by atoms with Crippen molar-refractivity contribution in [2.45, 2.75) is 49.5 Å². The number of thioether (sulfide) groups is 1. The lowest BCUT2D eigenvalue weighted by Gasteiger charge is -2.27. The number of nitrogens with zero attached hydrogens (tertiary/aromatic N) is 1. The van der Waals surface area contributed by atoms with Crippen LogP contribution in [-0.4, -0.2) is 35.2 Å². The van der Waals surface area contributed by atoms with Crippen LogP contribution in [0, 0.1) is 17.2 Å². The first kappa shape index (κ1) is 19.5. The molecule has 26 heavy (non-hydrogen) atoms. The lowest BCUT2D eigenvalue weighted by atomic mass is 10.1. The summed E-state index contributed by atoms with van der Waals surface area (Å²) in [6.45, 7) is 0. The van der Waals surface area contributed by atoms with Crippen molar-refractivity contribution < 1.29 is 18.0 Å². The van der Waals surface area contributed by atoms with Gasteiger partial charge in [-0.05, 0) is 48.8 Å². The lowest BCUT2D eigenvalue weighted by Crippen LogP contribution is -2.52. The van der Waals surface area contributed by atoms with Crippen LogP contribution in [0.4, 0.5) is 13.2 Å². The van der Waals surface area contributed by atoms with E-state index in [-0.39, 0.29) is 10.6 Å². The van der Waals surface area contributed by atoms with Gasteiger partial charge in [0.25, 0.3) is 0 Å². The molecule has 2 aliphatic rings. The van der Waals surface area contributed by atoms with Crippen molar-refractivity contribution in [3.05, 3.63) is 22.4 Å². The molecule has 0 aliphatic heterocycles. The molecule has 2 atom stereocenters. The van der Waals surface area contributed by atoms with Crippen molar-refractivity contribution in [2.24, 2.45) is 5.92 Å². The fourth-order valence-electron chi connectivity index (χ4n) is 2.54. The monoisotopic (exact) mass is 403 g/mol. The number of hydrogen-bond acceptors (Lipinski definition) is 5. The second-order valence-corrected chi connectivity index (χ2v) is 8.93. The van der Waals surface area contributed by atoms with E-state index in [4.69, 9.17) is 5.26 Å². The fraction of sp³-hybridized carbons (Fsp3) is 0.647. The summed E-state index contributed by atoms with van der Waals surface area (Å²) < 4.78 is 40.6. The molecule has 0 aromatic carbocycles. The zero-order valence-electron chi connectivity index (χ0n) is 14.0. The number of rotatable bonds is 9. The first-order valence-corrected chi connectivity index (χ1v) is 10.5. The standard InChI is InChI=1S/C17H20F3N3OS2/c18-17(19,20)14(13-2-1-7-26-13)22-12(9-25-8-11-3-4-11)15(24)23-16(10-21)5-6-16/h1-2,7,11-12,14,22H,3-6,8-9H2,(H,23,24)/t12-,14+/m0/s1. The topological polar surface area (TPSA) is 64.9 Å². The van der Waals surface area contributed by atoms with E-state index in [1.807, 2.05) is 6.07 Å². The van der Waals surface area contributed by atoms with Gasteiger partial charge >= 0.3 is 6.18 Å². The van der Waals surface area contributed by atoms with E-state index >= 15 is 0 Å². The molecule has 0 spiro atoms. The van der Waals surface area contributed by atoms with Gasteiger partial charge in [0.2, 0.25) is 5.91 Å². The predicted molar refractivity (Wildman–Crippen MR) is 95.8 cm³/mol. The highest BCUT2D eigenvalue weighted by Crippen LogP contribution is 2.37. The highest BCUT2D eigenvalue weighted by atomic mass is 32.2. The van der Waals surface area contributed by atoms with Crippen LogP contribution in [0.15, 0.2) is 17.5 Å². The van der Waals surface area contributed by atoms with Gasteiger partial charge in [0.1, 0.15) is 11.6 Å². The molecule has 0 bridgehead atoms. The Labute approximate surface area is 158 Å². The number of nitrogens with one attached hydrogen (secondary N) is 2. The molecule has 4 nitrogen and oxygen atoms in total. The SMILES string of the molecule is N#CC1(NC(=O)[C@H](CSCC2CC2)N[C@H](c2cccs2)C(F)(F)F)CC1. The van der Waals surface area contributed by atoms with Crippen LogP contribution in [0.5, 0.6) is 0 Å². The zero-order chi connectivity index (χ0) is 18.8. The summed E-state index contributed by atoms with van der Waals surface area (Å²) in [5, 5.41) is 15.9. The van der Waals surface area contributed by atoms with E-state index in [9.17, 15) is 18.0 Å². The molecule has 1 heterocycles. The highest BCUT2D eigenvalue weighted by molar-refractivity contribution is 7.99. The maximum absolute atomic E-state index is 13.5. The van der Waals surface area contributed by atoms with E-state index in [0.717, 1.165) is 29.9 Å². The number of amides is 1. The van der Waals surface area contributed by atoms with Gasteiger partial charge < -0.3 is 5.32 Å². The molecular weight excluding hydrogens is 383 g/mol. The number of nitriles is 1. The maximum atomic E-state index is 13.5. The predicted octanol–water partition coefficient (Wildman–Crippen LogP) is 3.63. The third kappa shape index (κ3) is 5.15. The molecule has 1 amide bonds. The summed E-state index contributed by atoms with van der Waals surface area (Å²) in [5.74, 6) is 1.19. The van der Waals surface area contributed by atoms with Gasteiger partial charge in [0.15, 0.2) is 0 Å². The molecule has 2 saturated carbocycles. The Morgan fingerprint density at radius 3 is 2.69 bits per heavy atom. The summed E-state index contributed by atoms with van der Waals surface area (Å²) in [6.07, 6.45) is -1.11. The molecule has 0 unspecified atom stereocenters. The minimum atomic E-state index is -4.50. The second-order valence-electron chi connectivity index (χ2n) is 6.87. The van der Waals surface area contributed by atoms with E-state index in [2.05, 4.69) is 10.6 Å². The van der Waals surface area contributed by atoms with E-state index < -0.39 is 29.7 Å². The third-order valence-corrected chi connectivity index (χ3v) is 6.71. The van der Waals surface area contributed by atoms with Crippen molar-refractivity contribution in [3.8, 4) is 6.07 Å². The van der Waals surface area contributed by atoms with Gasteiger partial charge in [0.05, 0.1) is 12.1 Å². The number of carbonyl (C=O) groups excluding carboxylic acids is 1. The summed E-state index contributed by atoms with van der Waals surface area (Å²) in [4.78, 5) is 12.7. The van der Waals surface area contributed by atoms with Crippen LogP contribution in [0.3, 0.4) is 0 Å². The average molecular weight is 403 g/mol. The van der Waals surface area contributed by atoms with Crippen LogP contribution < -0.4 is 10.6 Å². The molecule has 2 N–H and O–H groups in total. The maximum Gasteiger partial charge on any atom is 0.408 e. The number of halogens is 3. The molecule has 2 aliphatic carbocycles. The van der Waals surface area contributed by atoms with Crippen LogP contribution in [-0.2, 0) is 4.79 Å². The fourth-order valence-corrected chi connectivity index (χ4v) is 4.64. The third-order valence-electron chi connectivity index (χ3n) is 4.50. The van der Waals surface area contributed by atoms with Gasteiger partial charge in [-0.25, -0.2) is 0 Å². The van der Waals surface area contributed by atoms with Crippen molar-refractivity contribution in [1.29, 1.82) is 5.26 Å². The Bertz CT molecular complexity index is 664. The first-order chi connectivity index (χ1) is 12.3. The Morgan fingerprint density at radius 2 is 2.19 bits per heavy atom. The van der Waals surface area contributed by atoms with Crippen LogP contribution in [0.1, 0.15) is 36.6 Å². The van der Waals surface area contributed by atoms with Crippen molar-refractivity contribution >= 4 is 29.0 Å². The van der Waals surface area contributed by atoms with E-state index in [1.54, 1.807) is 11.4 Å². The molecule has 2 fully saturated rings. The Morgan fingerprint density at radius 1 is 1.46 bits per heavy atom. The van der Waals surface area contributed by atoms with E-state index in [0.29, 0.717) is 18.8 Å². The second kappa shape index (κ2) is 7.79. The Hall–Kier alpha value is -1.24. The van der Waals surface area contributed by atoms with E-state index in [1.165, 1.54) is 17.8 Å². The number of thiophene rings is 1. The van der Waals surface area contributed by atoms with Crippen LogP contribution in [0.2, 0.25) is 0 Å². The summed E-state index contributed by atoms with van der Waals surface area (Å²) in [7, 11) is 0. The number of alkyl halides is 3. The van der Waals surface area contributed by atoms with Crippen LogP contribution in [0.25, 0.3) is 0 Å². The van der Waals surface area contributed by atoms with Crippen LogP contribution >= 0.6 is 23.1 Å². The van der Waals surface area contributed by atoms with Gasteiger partial charge in [-0.1, -0.05) is 6.07 Å². The smallest absolute Gasteiger partial charge is 0.336 e. The highest BCUT2D eigenvalue weighted by Gasteiger charge is 2.47. The molecule has 1 aromatic rings. The average Bonchev–Trinajstić information content (AvgIpc) is 3.49. The molecular formula is C17H20F3N3OS2. The Balaban J connectivity index is 1.69. The van der Waals surface area contributed by atoms with Gasteiger partial charge in [-0.15, -0.1) is 11.3 Å². The van der Waals surface area contributed by atoms with Gasteiger partial charge in [0, 0.05) is 10.6 Å². The molecule has 9 heteroatoms. The molecule has 3 rings (SSSR count). The molecule has 0 saturated heterocycles. The van der Waals surface area contributed by atoms with Gasteiger partial charge in [-0.3, -0.25) is 10.1 Å². The minimum absolute atomic E-state index is 0.129. The normalized spacial score (nSPS) is 20.8. The summed E-state index contributed by atoms with van der Waals surface area (Å²) in [6, 6.07) is 2.13. The van der Waals surface area contributed by atoms with Crippen molar-refractivity contribution in [2.75, 3.05) is 11.5 Å². The van der Waals surface area contributed by atoms with Gasteiger partial charge in [-0.2, -0.15) is 30.2 Å². The molecule has 142 valence electrons. The van der Waals surface area contributed by atoms with Crippen molar-refractivity contribution in [3.63, 3.8) is 0 Å². The zero-order valence-corrected chi connectivity index (χ0v) is 15.6. The summed E-state index contributed by atoms with van der Waals surface area (Å²) >= 11 is 2.50. The Kier molecular flexibility index (Phi) is 5.85. The largest absolute Gasteiger partial charge is 0.408 e. The molecule has 0 radical (unpaired) electrons. The summed E-state index contributed by atoms with van der Waals surface area (Å²) in [5.41, 5.74) is -0.894. The quantitative estimate of drug-likeness (QED) is 0.661. The number of carbonyl (C=O) groups is 1. The first-order valence-electron chi connectivity index (χ1n) is 8.50. The number of hydrogen-bond donors (Lipinski definition) is 2. The lowest BCUT2D eigenvalue weighted by molar-refractivity contribution is -0.159. The molecule has 1 aromatic heterocycles.